The molecule has 2 aromatic rings. The van der Waals surface area contributed by atoms with Crippen molar-refractivity contribution in [3.63, 3.8) is 0 Å². The minimum atomic E-state index is -0.936. The topological polar surface area (TPSA) is 70.5 Å². The van der Waals surface area contributed by atoms with Crippen LogP contribution in [0.2, 0.25) is 0 Å². The zero-order valence-electron chi connectivity index (χ0n) is 14.1. The molecule has 2 aliphatic rings. The van der Waals surface area contributed by atoms with E-state index >= 15 is 0 Å². The Kier molecular flexibility index (Phi) is 4.48. The molecule has 1 N–H and O–H groups in total. The maximum absolute atomic E-state index is 13.8. The first-order valence-electron chi connectivity index (χ1n) is 8.76. The molecule has 1 saturated heterocycles. The first-order valence-corrected chi connectivity index (χ1v) is 9.64. The summed E-state index contributed by atoms with van der Waals surface area (Å²) in [5, 5.41) is 11.9. The third-order valence-corrected chi connectivity index (χ3v) is 6.32. The van der Waals surface area contributed by atoms with E-state index in [-0.39, 0.29) is 29.3 Å². The van der Waals surface area contributed by atoms with Gasteiger partial charge in [-0.1, -0.05) is 24.6 Å². The largest absolute Gasteiger partial charge is 0.480 e. The van der Waals surface area contributed by atoms with Gasteiger partial charge in [-0.2, -0.15) is 0 Å². The van der Waals surface area contributed by atoms with Gasteiger partial charge < -0.3 is 10.0 Å². The number of carboxylic acids is 1. The van der Waals surface area contributed by atoms with Crippen LogP contribution >= 0.6 is 11.3 Å². The summed E-state index contributed by atoms with van der Waals surface area (Å²) in [5.41, 5.74) is 0.785. The minimum absolute atomic E-state index is 0.0490. The van der Waals surface area contributed by atoms with Gasteiger partial charge in [-0.3, -0.25) is 4.79 Å². The number of halogens is 1. The molecular weight excluding hydrogens is 355 g/mol. The van der Waals surface area contributed by atoms with E-state index < -0.39 is 12.0 Å². The van der Waals surface area contributed by atoms with E-state index in [2.05, 4.69) is 4.98 Å². The SMILES string of the molecule is O=C(O)C1C2CCCC2CN1C(=O)c1csc(Cc2ccccc2F)n1. The van der Waals surface area contributed by atoms with Crippen LogP contribution in [0.5, 0.6) is 0 Å². The lowest BCUT2D eigenvalue weighted by atomic mass is 9.94. The Bertz CT molecular complexity index is 853. The van der Waals surface area contributed by atoms with Crippen LogP contribution in [-0.2, 0) is 11.2 Å². The Morgan fingerprint density at radius 1 is 1.31 bits per heavy atom. The monoisotopic (exact) mass is 374 g/mol. The third kappa shape index (κ3) is 3.00. The highest BCUT2D eigenvalue weighted by Gasteiger charge is 2.49. The summed E-state index contributed by atoms with van der Waals surface area (Å²) in [6.45, 7) is 0.487. The molecule has 3 atom stereocenters. The van der Waals surface area contributed by atoms with Crippen molar-refractivity contribution < 1.29 is 19.1 Å². The van der Waals surface area contributed by atoms with Crippen LogP contribution in [0, 0.1) is 17.7 Å². The maximum Gasteiger partial charge on any atom is 0.326 e. The van der Waals surface area contributed by atoms with Crippen molar-refractivity contribution in [1.82, 2.24) is 9.88 Å². The summed E-state index contributed by atoms with van der Waals surface area (Å²) in [6.07, 6.45) is 3.19. The molecule has 0 spiro atoms. The summed E-state index contributed by atoms with van der Waals surface area (Å²) >= 11 is 1.30. The number of hydrogen-bond acceptors (Lipinski definition) is 4. The van der Waals surface area contributed by atoms with Gasteiger partial charge in [0.05, 0.1) is 5.01 Å². The molecular formula is C19H19FN2O3S. The van der Waals surface area contributed by atoms with Gasteiger partial charge in [-0.15, -0.1) is 11.3 Å². The van der Waals surface area contributed by atoms with Crippen molar-refractivity contribution in [2.75, 3.05) is 6.54 Å². The smallest absolute Gasteiger partial charge is 0.326 e. The summed E-state index contributed by atoms with van der Waals surface area (Å²) in [4.78, 5) is 30.4. The molecule has 5 nitrogen and oxygen atoms in total. The lowest BCUT2D eigenvalue weighted by molar-refractivity contribution is -0.142. The molecule has 4 rings (SSSR count). The number of carboxylic acid groups (broad SMARTS) is 1. The van der Waals surface area contributed by atoms with Gasteiger partial charge in [-0.05, 0) is 36.3 Å². The van der Waals surface area contributed by atoms with Crippen molar-refractivity contribution in [2.24, 2.45) is 11.8 Å². The van der Waals surface area contributed by atoms with Gasteiger partial charge in [0.1, 0.15) is 17.6 Å². The quantitative estimate of drug-likeness (QED) is 0.892. The molecule has 7 heteroatoms. The number of aliphatic carboxylic acids is 1. The third-order valence-electron chi connectivity index (χ3n) is 5.47. The van der Waals surface area contributed by atoms with E-state index in [1.807, 2.05) is 0 Å². The molecule has 1 aromatic heterocycles. The van der Waals surface area contributed by atoms with Crippen LogP contribution in [0.15, 0.2) is 29.6 Å². The van der Waals surface area contributed by atoms with Gasteiger partial charge in [0.25, 0.3) is 5.91 Å². The fourth-order valence-electron chi connectivity index (χ4n) is 4.27. The lowest BCUT2D eigenvalue weighted by Gasteiger charge is -2.23. The predicted octanol–water partition coefficient (Wildman–Crippen LogP) is 3.20. The molecule has 2 fully saturated rings. The summed E-state index contributed by atoms with van der Waals surface area (Å²) in [6, 6.07) is 5.73. The standard InChI is InChI=1S/C19H19FN2O3S/c20-14-7-2-1-4-11(14)8-16-21-15(10-26-16)18(23)22-9-12-5-3-6-13(12)17(22)19(24)25/h1-2,4,7,10,12-13,17H,3,5-6,8-9H2,(H,24,25). The van der Waals surface area contributed by atoms with Crippen LogP contribution in [0.3, 0.4) is 0 Å². The van der Waals surface area contributed by atoms with Crippen molar-refractivity contribution in [2.45, 2.75) is 31.7 Å². The highest BCUT2D eigenvalue weighted by molar-refractivity contribution is 7.09. The van der Waals surface area contributed by atoms with Crippen molar-refractivity contribution in [3.8, 4) is 0 Å². The Morgan fingerprint density at radius 3 is 2.88 bits per heavy atom. The number of hydrogen-bond donors (Lipinski definition) is 1. The van der Waals surface area contributed by atoms with Crippen LogP contribution in [0.4, 0.5) is 4.39 Å². The number of amides is 1. The number of likely N-dealkylation sites (tertiary alicyclic amines) is 1. The molecule has 1 aliphatic heterocycles. The van der Waals surface area contributed by atoms with Crippen LogP contribution < -0.4 is 0 Å². The van der Waals surface area contributed by atoms with Crippen LogP contribution in [0.1, 0.15) is 40.3 Å². The summed E-state index contributed by atoms with van der Waals surface area (Å²) in [7, 11) is 0. The highest BCUT2D eigenvalue weighted by atomic mass is 32.1. The maximum atomic E-state index is 13.8. The highest BCUT2D eigenvalue weighted by Crippen LogP contribution is 2.42. The number of fused-ring (bicyclic) bond motifs is 1. The minimum Gasteiger partial charge on any atom is -0.480 e. The zero-order valence-corrected chi connectivity index (χ0v) is 14.9. The zero-order chi connectivity index (χ0) is 18.3. The fraction of sp³-hybridized carbons (Fsp3) is 0.421. The molecule has 136 valence electrons. The number of nitrogens with zero attached hydrogens (tertiary/aromatic N) is 2. The Hall–Kier alpha value is -2.28. The predicted molar refractivity (Wildman–Crippen MR) is 94.6 cm³/mol. The second-order valence-electron chi connectivity index (χ2n) is 6.99. The average Bonchev–Trinajstić information content (AvgIpc) is 3.31. The molecule has 3 unspecified atom stereocenters. The second-order valence-corrected chi connectivity index (χ2v) is 7.93. The first-order chi connectivity index (χ1) is 12.5. The summed E-state index contributed by atoms with van der Waals surface area (Å²) in [5.74, 6) is -1.24. The van der Waals surface area contributed by atoms with Gasteiger partial charge in [0, 0.05) is 18.3 Å². The number of rotatable bonds is 4. The molecule has 26 heavy (non-hydrogen) atoms. The average molecular weight is 374 g/mol. The number of thiazole rings is 1. The van der Waals surface area contributed by atoms with E-state index in [1.165, 1.54) is 22.3 Å². The normalized spacial score (nSPS) is 24.7. The first kappa shape index (κ1) is 17.1. The molecule has 1 aliphatic carbocycles. The lowest BCUT2D eigenvalue weighted by Crippen LogP contribution is -2.43. The van der Waals surface area contributed by atoms with Crippen molar-refractivity contribution in [1.29, 1.82) is 0 Å². The molecule has 1 saturated carbocycles. The van der Waals surface area contributed by atoms with Crippen LogP contribution in [0.25, 0.3) is 0 Å². The second kappa shape index (κ2) is 6.79. The van der Waals surface area contributed by atoms with Gasteiger partial charge in [0.15, 0.2) is 0 Å². The number of aromatic nitrogens is 1. The fourth-order valence-corrected chi connectivity index (χ4v) is 5.06. The Morgan fingerprint density at radius 2 is 2.12 bits per heavy atom. The van der Waals surface area contributed by atoms with Crippen LogP contribution in [-0.4, -0.2) is 39.5 Å². The molecule has 0 bridgehead atoms. The van der Waals surface area contributed by atoms with Gasteiger partial charge in [0.2, 0.25) is 0 Å². The van der Waals surface area contributed by atoms with Crippen molar-refractivity contribution in [3.05, 3.63) is 51.7 Å². The van der Waals surface area contributed by atoms with E-state index in [0.29, 0.717) is 23.5 Å². The van der Waals surface area contributed by atoms with E-state index in [1.54, 1.807) is 23.6 Å². The molecule has 1 aromatic carbocycles. The van der Waals surface area contributed by atoms with E-state index in [0.717, 1.165) is 19.3 Å². The Balaban J connectivity index is 1.53. The van der Waals surface area contributed by atoms with E-state index in [4.69, 9.17) is 0 Å². The Labute approximate surface area is 154 Å². The van der Waals surface area contributed by atoms with Crippen molar-refractivity contribution >= 4 is 23.2 Å². The van der Waals surface area contributed by atoms with Gasteiger partial charge >= 0.3 is 5.97 Å². The molecule has 0 radical (unpaired) electrons. The van der Waals surface area contributed by atoms with E-state index in [9.17, 15) is 19.1 Å². The number of carbonyl (C=O) groups excluding carboxylic acids is 1. The summed E-state index contributed by atoms with van der Waals surface area (Å²) < 4.78 is 13.8. The number of carbonyl (C=O) groups is 2. The van der Waals surface area contributed by atoms with Gasteiger partial charge in [-0.25, -0.2) is 14.2 Å². The number of benzene rings is 1. The molecule has 1 amide bonds. The molecule has 2 heterocycles.